The molecule has 0 aromatic heterocycles. The first kappa shape index (κ1) is 12.4. The summed E-state index contributed by atoms with van der Waals surface area (Å²) in [5.41, 5.74) is 0.441. The highest BCUT2D eigenvalue weighted by molar-refractivity contribution is 5.20. The maximum absolute atomic E-state index is 12.7. The van der Waals surface area contributed by atoms with Gasteiger partial charge < -0.3 is 20.1 Å². The number of hydrogen-bond donors (Lipinski definition) is 3. The van der Waals surface area contributed by atoms with E-state index in [0.29, 0.717) is 5.56 Å². The molecule has 2 rings (SSSR count). The summed E-state index contributed by atoms with van der Waals surface area (Å²) in [5.74, 6) is -0.401. The summed E-state index contributed by atoms with van der Waals surface area (Å²) < 4.78 is 18.0. The second-order valence-corrected chi connectivity index (χ2v) is 4.28. The van der Waals surface area contributed by atoms with Crippen LogP contribution < -0.4 is 0 Å². The van der Waals surface area contributed by atoms with Crippen molar-refractivity contribution in [3.63, 3.8) is 0 Å². The van der Waals surface area contributed by atoms with Crippen LogP contribution in [-0.4, -0.2) is 39.7 Å². The fourth-order valence-electron chi connectivity index (χ4n) is 1.99. The van der Waals surface area contributed by atoms with Gasteiger partial charge in [0.1, 0.15) is 30.2 Å². The molecule has 0 aliphatic carbocycles. The SMILES string of the molecule is CC1OC(C(O)c2ccc(F)cc2)C(O)C1O. The number of aliphatic hydroxyl groups is 3. The highest BCUT2D eigenvalue weighted by Gasteiger charge is 2.44. The van der Waals surface area contributed by atoms with Crippen molar-refractivity contribution in [2.75, 3.05) is 0 Å². The fraction of sp³-hybridized carbons (Fsp3) is 0.500. The summed E-state index contributed by atoms with van der Waals surface area (Å²) in [6, 6.07) is 5.29. The summed E-state index contributed by atoms with van der Waals surface area (Å²) >= 11 is 0. The van der Waals surface area contributed by atoms with E-state index in [1.54, 1.807) is 6.92 Å². The van der Waals surface area contributed by atoms with Crippen molar-refractivity contribution < 1.29 is 24.4 Å². The molecule has 0 spiro atoms. The molecule has 1 aromatic rings. The summed E-state index contributed by atoms with van der Waals surface area (Å²) in [6.45, 7) is 1.62. The molecule has 4 nitrogen and oxygen atoms in total. The zero-order valence-corrected chi connectivity index (χ0v) is 9.32. The van der Waals surface area contributed by atoms with Crippen molar-refractivity contribution in [3.05, 3.63) is 35.6 Å². The lowest BCUT2D eigenvalue weighted by Crippen LogP contribution is -2.34. The third kappa shape index (κ3) is 2.32. The number of aliphatic hydroxyl groups excluding tert-OH is 3. The Hall–Kier alpha value is -1.01. The minimum atomic E-state index is -1.15. The Morgan fingerprint density at radius 2 is 1.76 bits per heavy atom. The third-order valence-corrected chi connectivity index (χ3v) is 3.06. The largest absolute Gasteiger partial charge is 0.388 e. The van der Waals surface area contributed by atoms with Crippen molar-refractivity contribution in [2.24, 2.45) is 0 Å². The van der Waals surface area contributed by atoms with Gasteiger partial charge in [0, 0.05) is 0 Å². The predicted molar refractivity (Wildman–Crippen MR) is 57.7 cm³/mol. The lowest BCUT2D eigenvalue weighted by Gasteiger charge is -2.21. The highest BCUT2D eigenvalue weighted by Crippen LogP contribution is 2.30. The van der Waals surface area contributed by atoms with Gasteiger partial charge in [-0.15, -0.1) is 0 Å². The summed E-state index contributed by atoms with van der Waals surface area (Å²) in [5, 5.41) is 29.2. The van der Waals surface area contributed by atoms with Crippen LogP contribution in [0, 0.1) is 5.82 Å². The number of halogens is 1. The quantitative estimate of drug-likeness (QED) is 0.700. The van der Waals surface area contributed by atoms with E-state index in [9.17, 15) is 19.7 Å². The van der Waals surface area contributed by atoms with Crippen molar-refractivity contribution in [3.8, 4) is 0 Å². The topological polar surface area (TPSA) is 69.9 Å². The van der Waals surface area contributed by atoms with Crippen LogP contribution >= 0.6 is 0 Å². The average Bonchev–Trinajstić information content (AvgIpc) is 2.57. The van der Waals surface area contributed by atoms with E-state index in [-0.39, 0.29) is 0 Å². The van der Waals surface area contributed by atoms with E-state index in [4.69, 9.17) is 4.74 Å². The number of hydrogen-bond acceptors (Lipinski definition) is 4. The maximum Gasteiger partial charge on any atom is 0.123 e. The van der Waals surface area contributed by atoms with Crippen LogP contribution in [0.15, 0.2) is 24.3 Å². The second kappa shape index (κ2) is 4.70. The van der Waals surface area contributed by atoms with Crippen LogP contribution in [-0.2, 0) is 4.74 Å². The molecule has 1 fully saturated rings. The first-order valence-electron chi connectivity index (χ1n) is 5.46. The lowest BCUT2D eigenvalue weighted by molar-refractivity contribution is -0.0635. The molecular formula is C12H15FO4. The number of benzene rings is 1. The molecule has 3 N–H and O–H groups in total. The highest BCUT2D eigenvalue weighted by atomic mass is 19.1. The van der Waals surface area contributed by atoms with Crippen LogP contribution in [0.3, 0.4) is 0 Å². The van der Waals surface area contributed by atoms with Gasteiger partial charge in [0.15, 0.2) is 0 Å². The molecule has 1 aromatic carbocycles. The molecule has 5 unspecified atom stereocenters. The maximum atomic E-state index is 12.7. The van der Waals surface area contributed by atoms with E-state index in [0.717, 1.165) is 0 Å². The Kier molecular flexibility index (Phi) is 3.44. The van der Waals surface area contributed by atoms with Gasteiger partial charge in [-0.1, -0.05) is 12.1 Å². The first-order chi connectivity index (χ1) is 8.00. The van der Waals surface area contributed by atoms with E-state index >= 15 is 0 Å². The van der Waals surface area contributed by atoms with Gasteiger partial charge >= 0.3 is 0 Å². The van der Waals surface area contributed by atoms with Crippen LogP contribution in [0.5, 0.6) is 0 Å². The lowest BCUT2D eigenvalue weighted by atomic mass is 9.99. The minimum absolute atomic E-state index is 0.401. The molecular weight excluding hydrogens is 227 g/mol. The van der Waals surface area contributed by atoms with Gasteiger partial charge in [-0.25, -0.2) is 4.39 Å². The van der Waals surface area contributed by atoms with E-state index < -0.39 is 36.3 Å². The van der Waals surface area contributed by atoms with Gasteiger partial charge in [-0.3, -0.25) is 0 Å². The van der Waals surface area contributed by atoms with Crippen LogP contribution in [0.4, 0.5) is 4.39 Å². The average molecular weight is 242 g/mol. The van der Waals surface area contributed by atoms with Gasteiger partial charge in [0.05, 0.1) is 6.10 Å². The molecule has 94 valence electrons. The van der Waals surface area contributed by atoms with Crippen molar-refractivity contribution >= 4 is 0 Å². The summed E-state index contributed by atoms with van der Waals surface area (Å²) in [4.78, 5) is 0. The summed E-state index contributed by atoms with van der Waals surface area (Å²) in [6.07, 6.45) is -4.69. The fourth-order valence-corrected chi connectivity index (χ4v) is 1.99. The molecule has 0 saturated carbocycles. The molecule has 0 bridgehead atoms. The Morgan fingerprint density at radius 1 is 1.18 bits per heavy atom. The number of rotatable bonds is 2. The normalized spacial score (nSPS) is 34.9. The standard InChI is InChI=1S/C12H15FO4/c1-6-9(14)11(16)12(17-6)10(15)7-2-4-8(13)5-3-7/h2-6,9-12,14-16H,1H3. The Labute approximate surface area is 98.3 Å². The second-order valence-electron chi connectivity index (χ2n) is 4.28. The van der Waals surface area contributed by atoms with E-state index in [1.165, 1.54) is 24.3 Å². The minimum Gasteiger partial charge on any atom is -0.388 e. The van der Waals surface area contributed by atoms with Crippen LogP contribution in [0.1, 0.15) is 18.6 Å². The molecule has 5 heteroatoms. The Morgan fingerprint density at radius 3 is 2.24 bits per heavy atom. The zero-order chi connectivity index (χ0) is 12.6. The van der Waals surface area contributed by atoms with Crippen LogP contribution in [0.25, 0.3) is 0 Å². The monoisotopic (exact) mass is 242 g/mol. The van der Waals surface area contributed by atoms with E-state index in [1.807, 2.05) is 0 Å². The third-order valence-electron chi connectivity index (χ3n) is 3.06. The van der Waals surface area contributed by atoms with Gasteiger partial charge in [0.2, 0.25) is 0 Å². The first-order valence-corrected chi connectivity index (χ1v) is 5.46. The van der Waals surface area contributed by atoms with Crippen LogP contribution in [0.2, 0.25) is 0 Å². The van der Waals surface area contributed by atoms with Gasteiger partial charge in [-0.2, -0.15) is 0 Å². The molecule has 17 heavy (non-hydrogen) atoms. The molecule has 0 amide bonds. The summed E-state index contributed by atoms with van der Waals surface area (Å²) in [7, 11) is 0. The number of ether oxygens (including phenoxy) is 1. The van der Waals surface area contributed by atoms with Crippen molar-refractivity contribution in [1.82, 2.24) is 0 Å². The predicted octanol–water partition coefficient (Wildman–Crippen LogP) is 0.368. The Balaban J connectivity index is 2.15. The van der Waals surface area contributed by atoms with Crippen molar-refractivity contribution in [1.29, 1.82) is 0 Å². The molecule has 1 heterocycles. The molecule has 5 atom stereocenters. The molecule has 1 saturated heterocycles. The molecule has 1 aliphatic heterocycles. The van der Waals surface area contributed by atoms with Gasteiger partial charge in [0.25, 0.3) is 0 Å². The smallest absolute Gasteiger partial charge is 0.123 e. The van der Waals surface area contributed by atoms with Gasteiger partial charge in [-0.05, 0) is 24.6 Å². The zero-order valence-electron chi connectivity index (χ0n) is 9.32. The van der Waals surface area contributed by atoms with Crippen molar-refractivity contribution in [2.45, 2.75) is 37.4 Å². The Bertz CT molecular complexity index is 381. The van der Waals surface area contributed by atoms with E-state index in [2.05, 4.69) is 0 Å². The molecule has 1 aliphatic rings. The molecule has 0 radical (unpaired) electrons.